The molecule has 3 aliphatic rings. The van der Waals surface area contributed by atoms with Crippen LogP contribution < -0.4 is 5.32 Å². The van der Waals surface area contributed by atoms with E-state index >= 15 is 0 Å². The molecule has 0 aliphatic carbocycles. The molecule has 3 fully saturated rings. The fourth-order valence-corrected chi connectivity index (χ4v) is 4.60. The highest BCUT2D eigenvalue weighted by Gasteiger charge is 2.38. The average molecular weight is 425 g/mol. The Morgan fingerprint density at radius 2 is 1.97 bits per heavy atom. The highest BCUT2D eigenvalue weighted by Crippen LogP contribution is 2.24. The second-order valence-corrected chi connectivity index (χ2v) is 7.83. The van der Waals surface area contributed by atoms with Crippen molar-refractivity contribution in [2.24, 2.45) is 0 Å². The SMILES string of the molecule is Cl.O=C(C1CCCCN1C(=O)c1ccco1)N1CCCC(N2CCNCC2=O)C1. The van der Waals surface area contributed by atoms with Crippen molar-refractivity contribution in [3.8, 4) is 0 Å². The number of furan rings is 1. The summed E-state index contributed by atoms with van der Waals surface area (Å²) in [5.74, 6) is 0.182. The third-order valence-electron chi connectivity index (χ3n) is 6.06. The summed E-state index contributed by atoms with van der Waals surface area (Å²) < 4.78 is 5.26. The van der Waals surface area contributed by atoms with E-state index in [1.165, 1.54) is 6.26 Å². The summed E-state index contributed by atoms with van der Waals surface area (Å²) in [6, 6.07) is 2.97. The first-order chi connectivity index (χ1) is 13.6. The van der Waals surface area contributed by atoms with E-state index in [4.69, 9.17) is 4.42 Å². The fourth-order valence-electron chi connectivity index (χ4n) is 4.60. The number of hydrogen-bond acceptors (Lipinski definition) is 5. The van der Waals surface area contributed by atoms with E-state index in [0.29, 0.717) is 39.1 Å². The van der Waals surface area contributed by atoms with Crippen LogP contribution in [0.1, 0.15) is 42.7 Å². The highest BCUT2D eigenvalue weighted by molar-refractivity contribution is 5.95. The summed E-state index contributed by atoms with van der Waals surface area (Å²) in [5, 5.41) is 3.10. The van der Waals surface area contributed by atoms with E-state index < -0.39 is 6.04 Å². The van der Waals surface area contributed by atoms with Gasteiger partial charge >= 0.3 is 0 Å². The van der Waals surface area contributed by atoms with Crippen molar-refractivity contribution in [3.63, 3.8) is 0 Å². The van der Waals surface area contributed by atoms with Gasteiger partial charge in [0.05, 0.1) is 12.8 Å². The minimum atomic E-state index is -0.441. The molecule has 1 N–H and O–H groups in total. The lowest BCUT2D eigenvalue weighted by Gasteiger charge is -2.43. The van der Waals surface area contributed by atoms with Crippen LogP contribution >= 0.6 is 12.4 Å². The van der Waals surface area contributed by atoms with E-state index in [2.05, 4.69) is 5.32 Å². The molecule has 3 aliphatic heterocycles. The van der Waals surface area contributed by atoms with Gasteiger partial charge in [-0.15, -0.1) is 12.4 Å². The molecule has 4 heterocycles. The minimum Gasteiger partial charge on any atom is -0.459 e. The molecule has 3 saturated heterocycles. The Labute approximate surface area is 177 Å². The number of hydrogen-bond donors (Lipinski definition) is 1. The van der Waals surface area contributed by atoms with Gasteiger partial charge in [0.1, 0.15) is 6.04 Å². The number of nitrogens with zero attached hydrogens (tertiary/aromatic N) is 3. The van der Waals surface area contributed by atoms with Crippen molar-refractivity contribution in [1.29, 1.82) is 0 Å². The van der Waals surface area contributed by atoms with Gasteiger partial charge in [-0.3, -0.25) is 14.4 Å². The molecule has 0 spiro atoms. The van der Waals surface area contributed by atoms with Crippen LogP contribution in [0.4, 0.5) is 0 Å². The van der Waals surface area contributed by atoms with Crippen LogP contribution in [0.15, 0.2) is 22.8 Å². The van der Waals surface area contributed by atoms with Gasteiger partial charge in [-0.1, -0.05) is 0 Å². The Morgan fingerprint density at radius 3 is 2.72 bits per heavy atom. The maximum absolute atomic E-state index is 13.3. The normalized spacial score (nSPS) is 25.5. The molecular weight excluding hydrogens is 396 g/mol. The van der Waals surface area contributed by atoms with Crippen LogP contribution in [0.25, 0.3) is 0 Å². The van der Waals surface area contributed by atoms with Crippen molar-refractivity contribution in [2.45, 2.75) is 44.2 Å². The number of carbonyl (C=O) groups is 3. The van der Waals surface area contributed by atoms with Crippen molar-refractivity contribution in [1.82, 2.24) is 20.0 Å². The maximum Gasteiger partial charge on any atom is 0.290 e. The first-order valence-corrected chi connectivity index (χ1v) is 10.3. The molecule has 4 rings (SSSR count). The molecule has 0 aromatic carbocycles. The van der Waals surface area contributed by atoms with Gasteiger partial charge in [0.25, 0.3) is 5.91 Å². The topological polar surface area (TPSA) is 86.1 Å². The predicted octanol–water partition coefficient (Wildman–Crippen LogP) is 1.12. The number of carbonyl (C=O) groups excluding carboxylic acids is 3. The third-order valence-corrected chi connectivity index (χ3v) is 6.06. The van der Waals surface area contributed by atoms with Gasteiger partial charge in [-0.05, 0) is 44.2 Å². The van der Waals surface area contributed by atoms with E-state index in [-0.39, 0.29) is 41.9 Å². The zero-order valence-corrected chi connectivity index (χ0v) is 17.4. The number of piperazine rings is 1. The smallest absolute Gasteiger partial charge is 0.290 e. The average Bonchev–Trinajstić information content (AvgIpc) is 3.28. The molecule has 1 aromatic rings. The Bertz CT molecular complexity index is 726. The number of nitrogens with one attached hydrogen (secondary N) is 1. The lowest BCUT2D eigenvalue weighted by atomic mass is 9.97. The standard InChI is InChI=1S/C20H28N4O4.ClH/c25-18-13-21-8-11-23(18)15-5-3-9-22(14-15)19(26)16-6-1-2-10-24(16)20(27)17-7-4-12-28-17;/h4,7,12,15-16,21H,1-3,5-6,8-11,13-14H2;1H. The largest absolute Gasteiger partial charge is 0.459 e. The number of rotatable bonds is 3. The second kappa shape index (κ2) is 9.63. The molecule has 160 valence electrons. The summed E-state index contributed by atoms with van der Waals surface area (Å²) in [6.07, 6.45) is 5.80. The number of amides is 3. The molecule has 2 unspecified atom stereocenters. The Balaban J connectivity index is 0.00000240. The zero-order chi connectivity index (χ0) is 19.5. The molecule has 2 atom stereocenters. The lowest BCUT2D eigenvalue weighted by Crippen LogP contribution is -2.60. The molecule has 0 saturated carbocycles. The molecule has 29 heavy (non-hydrogen) atoms. The number of halogens is 1. The van der Waals surface area contributed by atoms with Crippen LogP contribution in [0.3, 0.4) is 0 Å². The van der Waals surface area contributed by atoms with Gasteiger partial charge < -0.3 is 24.4 Å². The lowest BCUT2D eigenvalue weighted by molar-refractivity contribution is -0.143. The summed E-state index contributed by atoms with van der Waals surface area (Å²) in [7, 11) is 0. The van der Waals surface area contributed by atoms with Crippen molar-refractivity contribution in [3.05, 3.63) is 24.2 Å². The van der Waals surface area contributed by atoms with Crippen molar-refractivity contribution in [2.75, 3.05) is 39.3 Å². The number of likely N-dealkylation sites (tertiary alicyclic amines) is 2. The first kappa shape index (κ1) is 21.6. The first-order valence-electron chi connectivity index (χ1n) is 10.3. The molecule has 3 amide bonds. The van der Waals surface area contributed by atoms with Crippen molar-refractivity contribution < 1.29 is 18.8 Å². The fraction of sp³-hybridized carbons (Fsp3) is 0.650. The van der Waals surface area contributed by atoms with Crippen LogP contribution in [0.2, 0.25) is 0 Å². The summed E-state index contributed by atoms with van der Waals surface area (Å²) in [6.45, 7) is 3.68. The van der Waals surface area contributed by atoms with Crippen LogP contribution in [-0.2, 0) is 9.59 Å². The highest BCUT2D eigenvalue weighted by atomic mass is 35.5. The molecule has 1 aromatic heterocycles. The van der Waals surface area contributed by atoms with Gasteiger partial charge in [0, 0.05) is 38.8 Å². The van der Waals surface area contributed by atoms with E-state index in [1.54, 1.807) is 17.0 Å². The van der Waals surface area contributed by atoms with Crippen LogP contribution in [0.5, 0.6) is 0 Å². The summed E-state index contributed by atoms with van der Waals surface area (Å²) >= 11 is 0. The van der Waals surface area contributed by atoms with E-state index in [9.17, 15) is 14.4 Å². The Hall–Kier alpha value is -2.06. The molecule has 0 bridgehead atoms. The Morgan fingerprint density at radius 1 is 1.10 bits per heavy atom. The second-order valence-electron chi connectivity index (χ2n) is 7.83. The summed E-state index contributed by atoms with van der Waals surface area (Å²) in [5.41, 5.74) is 0. The Kier molecular flexibility index (Phi) is 7.18. The van der Waals surface area contributed by atoms with E-state index in [1.807, 2.05) is 9.80 Å². The molecule has 8 nitrogen and oxygen atoms in total. The molecule has 9 heteroatoms. The predicted molar refractivity (Wildman–Crippen MR) is 109 cm³/mol. The minimum absolute atomic E-state index is 0. The van der Waals surface area contributed by atoms with Gasteiger partial charge in [0.15, 0.2) is 5.76 Å². The zero-order valence-electron chi connectivity index (χ0n) is 16.5. The third kappa shape index (κ3) is 4.59. The quantitative estimate of drug-likeness (QED) is 0.785. The molecule has 0 radical (unpaired) electrons. The van der Waals surface area contributed by atoms with Crippen LogP contribution in [0, 0.1) is 0 Å². The van der Waals surface area contributed by atoms with E-state index in [0.717, 1.165) is 32.2 Å². The maximum atomic E-state index is 13.3. The molecular formula is C20H29ClN4O4. The monoisotopic (exact) mass is 424 g/mol. The van der Waals surface area contributed by atoms with Crippen molar-refractivity contribution >= 4 is 30.1 Å². The summed E-state index contributed by atoms with van der Waals surface area (Å²) in [4.78, 5) is 43.8. The number of piperidine rings is 2. The van der Waals surface area contributed by atoms with Gasteiger partial charge in [0.2, 0.25) is 11.8 Å². The van der Waals surface area contributed by atoms with Gasteiger partial charge in [-0.2, -0.15) is 0 Å². The van der Waals surface area contributed by atoms with Crippen LogP contribution in [-0.4, -0.2) is 83.8 Å². The van der Waals surface area contributed by atoms with Gasteiger partial charge in [-0.25, -0.2) is 0 Å².